The normalized spacial score (nSPS) is 9.24. The van der Waals surface area contributed by atoms with E-state index in [4.69, 9.17) is 12.2 Å². The Hall–Kier alpha value is -1.88. The highest BCUT2D eigenvalue weighted by Gasteiger charge is 2.04. The van der Waals surface area contributed by atoms with Gasteiger partial charge in [-0.25, -0.2) is 0 Å². The lowest BCUT2D eigenvalue weighted by atomic mass is 10.1. The molecule has 0 fully saturated rings. The maximum absolute atomic E-state index is 11.7. The summed E-state index contributed by atoms with van der Waals surface area (Å²) in [5.41, 5.74) is 6.79. The van der Waals surface area contributed by atoms with Gasteiger partial charge in [0, 0.05) is 12.1 Å². The van der Waals surface area contributed by atoms with Crippen LogP contribution in [0.25, 0.3) is 0 Å². The van der Waals surface area contributed by atoms with E-state index in [1.165, 1.54) is 0 Å². The summed E-state index contributed by atoms with van der Waals surface area (Å²) < 4.78 is 0. The Bertz CT molecular complexity index is 414. The summed E-state index contributed by atoms with van der Waals surface area (Å²) in [7, 11) is 0. The molecule has 5 heteroatoms. The fraction of sp³-hybridized carbons (Fsp3) is 0.167. The first-order valence-corrected chi connectivity index (χ1v) is 5.56. The van der Waals surface area contributed by atoms with Gasteiger partial charge in [0.2, 0.25) is 0 Å². The second kappa shape index (κ2) is 6.65. The number of nitrogens with one attached hydrogen (secondary N) is 3. The van der Waals surface area contributed by atoms with Crippen molar-refractivity contribution in [3.05, 3.63) is 48.0 Å². The van der Waals surface area contributed by atoms with Crippen LogP contribution in [0.15, 0.2) is 36.9 Å². The molecular weight excluding hydrogens is 234 g/mol. The molecule has 0 unspecified atom stereocenters. The smallest absolute Gasteiger partial charge is 0.269 e. The molecule has 0 aromatic heterocycles. The maximum atomic E-state index is 11.7. The van der Waals surface area contributed by atoms with Gasteiger partial charge in [0.1, 0.15) is 0 Å². The van der Waals surface area contributed by atoms with Crippen LogP contribution < -0.4 is 16.2 Å². The summed E-state index contributed by atoms with van der Waals surface area (Å²) in [5, 5.41) is 3.19. The van der Waals surface area contributed by atoms with E-state index < -0.39 is 0 Å². The van der Waals surface area contributed by atoms with Crippen LogP contribution in [0.2, 0.25) is 0 Å². The van der Waals surface area contributed by atoms with Crippen molar-refractivity contribution in [1.82, 2.24) is 16.2 Å². The van der Waals surface area contributed by atoms with Crippen LogP contribution in [0.1, 0.15) is 15.9 Å². The minimum Gasteiger partial charge on any atom is -0.358 e. The van der Waals surface area contributed by atoms with Crippen LogP contribution in [0, 0.1) is 6.92 Å². The van der Waals surface area contributed by atoms with Crippen LogP contribution in [0.3, 0.4) is 0 Å². The standard InChI is InChI=1S/C12H15N3OS/c1-3-8-13-12(17)15-14-11(16)10-6-4-9(2)5-7-10/h3-7H,1,8H2,2H3,(H,14,16)(H2,13,15,17). The Kier molecular flexibility index (Phi) is 5.16. The predicted octanol–water partition coefficient (Wildman–Crippen LogP) is 1.29. The summed E-state index contributed by atoms with van der Waals surface area (Å²) in [5.74, 6) is -0.229. The number of rotatable bonds is 3. The fourth-order valence-corrected chi connectivity index (χ4v) is 1.23. The number of hydrogen-bond acceptors (Lipinski definition) is 2. The lowest BCUT2D eigenvalue weighted by Crippen LogP contribution is -2.46. The third-order valence-electron chi connectivity index (χ3n) is 2.01. The molecule has 0 radical (unpaired) electrons. The highest BCUT2D eigenvalue weighted by Crippen LogP contribution is 2.01. The van der Waals surface area contributed by atoms with E-state index in [9.17, 15) is 4.79 Å². The molecule has 3 N–H and O–H groups in total. The Morgan fingerprint density at radius 3 is 2.59 bits per heavy atom. The highest BCUT2D eigenvalue weighted by molar-refractivity contribution is 7.80. The monoisotopic (exact) mass is 249 g/mol. The van der Waals surface area contributed by atoms with Gasteiger partial charge < -0.3 is 5.32 Å². The number of carbonyl (C=O) groups is 1. The van der Waals surface area contributed by atoms with E-state index in [-0.39, 0.29) is 5.91 Å². The lowest BCUT2D eigenvalue weighted by molar-refractivity contribution is 0.0943. The van der Waals surface area contributed by atoms with E-state index in [0.717, 1.165) is 5.56 Å². The molecule has 17 heavy (non-hydrogen) atoms. The van der Waals surface area contributed by atoms with E-state index in [1.807, 2.05) is 19.1 Å². The van der Waals surface area contributed by atoms with Gasteiger partial charge in [-0.1, -0.05) is 23.8 Å². The zero-order valence-electron chi connectivity index (χ0n) is 9.62. The number of carbonyl (C=O) groups excluding carboxylic acids is 1. The Labute approximate surface area is 106 Å². The lowest BCUT2D eigenvalue weighted by Gasteiger charge is -2.10. The van der Waals surface area contributed by atoms with Gasteiger partial charge >= 0.3 is 0 Å². The zero-order valence-corrected chi connectivity index (χ0v) is 10.4. The van der Waals surface area contributed by atoms with Gasteiger partial charge in [0.15, 0.2) is 5.11 Å². The number of hydrazine groups is 1. The second-order valence-corrected chi connectivity index (χ2v) is 3.85. The summed E-state index contributed by atoms with van der Waals surface area (Å²) in [6.07, 6.45) is 1.68. The highest BCUT2D eigenvalue weighted by atomic mass is 32.1. The van der Waals surface area contributed by atoms with Gasteiger partial charge in [-0.2, -0.15) is 0 Å². The molecule has 0 atom stereocenters. The Morgan fingerprint density at radius 1 is 1.35 bits per heavy atom. The van der Waals surface area contributed by atoms with Gasteiger partial charge in [-0.15, -0.1) is 6.58 Å². The van der Waals surface area contributed by atoms with Gasteiger partial charge in [0.25, 0.3) is 5.91 Å². The van der Waals surface area contributed by atoms with E-state index in [0.29, 0.717) is 17.2 Å². The number of amides is 1. The maximum Gasteiger partial charge on any atom is 0.269 e. The second-order valence-electron chi connectivity index (χ2n) is 3.44. The summed E-state index contributed by atoms with van der Waals surface area (Å²) in [6, 6.07) is 7.27. The number of benzene rings is 1. The van der Waals surface area contributed by atoms with Crippen molar-refractivity contribution in [2.75, 3.05) is 6.54 Å². The molecule has 1 aromatic carbocycles. The molecule has 0 saturated carbocycles. The summed E-state index contributed by atoms with van der Waals surface area (Å²) in [6.45, 7) is 6.06. The molecule has 0 aliphatic rings. The molecule has 1 aromatic rings. The van der Waals surface area contributed by atoms with Crippen molar-refractivity contribution in [3.8, 4) is 0 Å². The number of thiocarbonyl (C=S) groups is 1. The summed E-state index contributed by atoms with van der Waals surface area (Å²) in [4.78, 5) is 11.7. The molecule has 90 valence electrons. The quantitative estimate of drug-likeness (QED) is 0.429. The molecular formula is C12H15N3OS. The molecule has 0 aliphatic heterocycles. The molecule has 1 amide bonds. The average molecular weight is 249 g/mol. The van der Waals surface area contributed by atoms with Crippen LogP contribution in [-0.4, -0.2) is 17.6 Å². The third kappa shape index (κ3) is 4.65. The van der Waals surface area contributed by atoms with Crippen molar-refractivity contribution < 1.29 is 4.79 Å². The predicted molar refractivity (Wildman–Crippen MR) is 72.6 cm³/mol. The molecule has 0 bridgehead atoms. The molecule has 0 spiro atoms. The first-order chi connectivity index (χ1) is 8.13. The minimum absolute atomic E-state index is 0.229. The largest absolute Gasteiger partial charge is 0.358 e. The molecule has 0 aliphatic carbocycles. The van der Waals surface area contributed by atoms with Crippen LogP contribution in [0.4, 0.5) is 0 Å². The minimum atomic E-state index is -0.229. The van der Waals surface area contributed by atoms with E-state index in [1.54, 1.807) is 18.2 Å². The number of hydrogen-bond donors (Lipinski definition) is 3. The third-order valence-corrected chi connectivity index (χ3v) is 2.26. The summed E-state index contributed by atoms with van der Waals surface area (Å²) >= 11 is 4.92. The SMILES string of the molecule is C=CCNC(=S)NNC(=O)c1ccc(C)cc1. The number of aryl methyl sites for hydroxylation is 1. The molecule has 0 heterocycles. The van der Waals surface area contributed by atoms with Crippen LogP contribution in [-0.2, 0) is 0 Å². The van der Waals surface area contributed by atoms with Crippen molar-refractivity contribution in [1.29, 1.82) is 0 Å². The van der Waals surface area contributed by atoms with Crippen LogP contribution in [0.5, 0.6) is 0 Å². The average Bonchev–Trinajstić information content (AvgIpc) is 2.34. The molecule has 4 nitrogen and oxygen atoms in total. The van der Waals surface area contributed by atoms with Gasteiger partial charge in [-0.05, 0) is 31.3 Å². The Balaban J connectivity index is 2.42. The fourth-order valence-electron chi connectivity index (χ4n) is 1.10. The first-order valence-electron chi connectivity index (χ1n) is 5.15. The topological polar surface area (TPSA) is 53.2 Å². The Morgan fingerprint density at radius 2 is 2.00 bits per heavy atom. The van der Waals surface area contributed by atoms with Gasteiger partial charge in [0.05, 0.1) is 0 Å². The van der Waals surface area contributed by atoms with E-state index >= 15 is 0 Å². The van der Waals surface area contributed by atoms with Gasteiger partial charge in [-0.3, -0.25) is 15.6 Å². The first kappa shape index (κ1) is 13.2. The molecule has 0 saturated heterocycles. The van der Waals surface area contributed by atoms with Crippen LogP contribution >= 0.6 is 12.2 Å². The van der Waals surface area contributed by atoms with Crippen molar-refractivity contribution in [2.24, 2.45) is 0 Å². The zero-order chi connectivity index (χ0) is 12.7. The van der Waals surface area contributed by atoms with Crippen molar-refractivity contribution in [2.45, 2.75) is 6.92 Å². The van der Waals surface area contributed by atoms with Crippen molar-refractivity contribution in [3.63, 3.8) is 0 Å². The van der Waals surface area contributed by atoms with E-state index in [2.05, 4.69) is 22.7 Å². The van der Waals surface area contributed by atoms with Crippen molar-refractivity contribution >= 4 is 23.2 Å². The molecule has 1 rings (SSSR count).